The first kappa shape index (κ1) is 14.1. The number of hydrogen-bond acceptors (Lipinski definition) is 2. The van der Waals surface area contributed by atoms with Crippen LogP contribution in [0.25, 0.3) is 11.2 Å². The second-order valence-electron chi connectivity index (χ2n) is 5.39. The Morgan fingerprint density at radius 3 is 2.57 bits per heavy atom. The summed E-state index contributed by atoms with van der Waals surface area (Å²) in [6.07, 6.45) is 0. The Hall–Kier alpha value is -1.87. The molecule has 0 fully saturated rings. The largest absolute Gasteiger partial charge is 0.307 e. The van der Waals surface area contributed by atoms with Crippen molar-refractivity contribution in [2.24, 2.45) is 0 Å². The summed E-state index contributed by atoms with van der Waals surface area (Å²) >= 11 is 6.31. The molecule has 1 aromatic carbocycles. The lowest BCUT2D eigenvalue weighted by Crippen LogP contribution is -2.07. The molecule has 21 heavy (non-hydrogen) atoms. The number of aryl methyl sites for hydroxylation is 2. The van der Waals surface area contributed by atoms with Crippen molar-refractivity contribution in [3.63, 3.8) is 0 Å². The van der Waals surface area contributed by atoms with Crippen LogP contribution in [0.1, 0.15) is 34.9 Å². The number of halogens is 1. The van der Waals surface area contributed by atoms with Gasteiger partial charge in [0.15, 0.2) is 5.65 Å². The van der Waals surface area contributed by atoms with Crippen molar-refractivity contribution in [2.45, 2.75) is 32.7 Å². The average molecular weight is 300 g/mol. The van der Waals surface area contributed by atoms with Gasteiger partial charge in [0, 0.05) is 5.69 Å². The minimum absolute atomic E-state index is 0.150. The average Bonchev–Trinajstić information content (AvgIpc) is 2.80. The molecule has 0 aliphatic carbocycles. The van der Waals surface area contributed by atoms with Crippen molar-refractivity contribution in [1.29, 1.82) is 0 Å². The van der Waals surface area contributed by atoms with E-state index in [1.165, 1.54) is 11.1 Å². The van der Waals surface area contributed by atoms with Gasteiger partial charge in [0.1, 0.15) is 11.3 Å². The molecule has 3 nitrogen and oxygen atoms in total. The van der Waals surface area contributed by atoms with Crippen LogP contribution in [0.2, 0.25) is 0 Å². The van der Waals surface area contributed by atoms with Gasteiger partial charge in [-0.25, -0.2) is 9.97 Å². The summed E-state index contributed by atoms with van der Waals surface area (Å²) in [4.78, 5) is 9.29. The summed E-state index contributed by atoms with van der Waals surface area (Å²) < 4.78 is 2.13. The molecular formula is C17H18ClN3. The number of imidazole rings is 1. The fourth-order valence-electron chi connectivity index (χ4n) is 2.53. The summed E-state index contributed by atoms with van der Waals surface area (Å²) in [5, 5.41) is -0.150. The monoisotopic (exact) mass is 299 g/mol. The molecule has 2 heterocycles. The summed E-state index contributed by atoms with van der Waals surface area (Å²) in [6.45, 7) is 6.81. The second kappa shape index (κ2) is 5.49. The number of rotatable bonds is 3. The van der Waals surface area contributed by atoms with Gasteiger partial charge in [-0.1, -0.05) is 24.3 Å². The summed E-state index contributed by atoms with van der Waals surface area (Å²) in [7, 11) is 0. The zero-order chi connectivity index (χ0) is 15.0. The van der Waals surface area contributed by atoms with Crippen LogP contribution < -0.4 is 0 Å². The van der Waals surface area contributed by atoms with E-state index in [1.54, 1.807) is 0 Å². The molecule has 108 valence electrons. The summed E-state index contributed by atoms with van der Waals surface area (Å²) in [6, 6.07) is 12.4. The molecule has 0 radical (unpaired) electrons. The predicted molar refractivity (Wildman–Crippen MR) is 86.8 cm³/mol. The molecule has 3 rings (SSSR count). The zero-order valence-corrected chi connectivity index (χ0v) is 13.2. The maximum absolute atomic E-state index is 6.31. The fourth-order valence-corrected chi connectivity index (χ4v) is 2.70. The van der Waals surface area contributed by atoms with E-state index in [1.807, 2.05) is 26.0 Å². The highest BCUT2D eigenvalue weighted by Crippen LogP contribution is 2.25. The second-order valence-corrected chi connectivity index (χ2v) is 6.05. The first-order chi connectivity index (χ1) is 10.1. The Bertz CT molecular complexity index is 790. The highest BCUT2D eigenvalue weighted by Gasteiger charge is 2.16. The van der Waals surface area contributed by atoms with Gasteiger partial charge >= 0.3 is 0 Å². The standard InChI is InChI=1S/C17H18ClN3/c1-11-6-4-5-7-14(11)10-21-16(13(3)18)20-15-9-8-12(2)19-17(15)21/h4-9,13H,10H2,1-3H3. The van der Waals surface area contributed by atoms with E-state index in [4.69, 9.17) is 11.6 Å². The van der Waals surface area contributed by atoms with Gasteiger partial charge in [-0.15, -0.1) is 11.6 Å². The predicted octanol–water partition coefficient (Wildman–Crippen LogP) is 4.40. The van der Waals surface area contributed by atoms with Crippen molar-refractivity contribution < 1.29 is 0 Å². The van der Waals surface area contributed by atoms with Crippen molar-refractivity contribution >= 4 is 22.8 Å². The van der Waals surface area contributed by atoms with E-state index in [9.17, 15) is 0 Å². The minimum Gasteiger partial charge on any atom is -0.307 e. The number of alkyl halides is 1. The lowest BCUT2D eigenvalue weighted by atomic mass is 10.1. The molecule has 2 aromatic heterocycles. The lowest BCUT2D eigenvalue weighted by molar-refractivity contribution is 0.732. The number of pyridine rings is 1. The number of hydrogen-bond donors (Lipinski definition) is 0. The van der Waals surface area contributed by atoms with Gasteiger partial charge in [-0.05, 0) is 44.0 Å². The molecule has 3 aromatic rings. The number of benzene rings is 1. The Labute approximate surface area is 129 Å². The molecule has 0 aliphatic heterocycles. The molecule has 1 unspecified atom stereocenters. The highest BCUT2D eigenvalue weighted by atomic mass is 35.5. The Kier molecular flexibility index (Phi) is 3.68. The van der Waals surface area contributed by atoms with Crippen LogP contribution in [0.3, 0.4) is 0 Å². The van der Waals surface area contributed by atoms with Crippen molar-refractivity contribution in [2.75, 3.05) is 0 Å². The van der Waals surface area contributed by atoms with Crippen LogP contribution in [-0.4, -0.2) is 14.5 Å². The first-order valence-corrected chi connectivity index (χ1v) is 7.52. The third-order valence-corrected chi connectivity index (χ3v) is 3.90. The van der Waals surface area contributed by atoms with Gasteiger partial charge in [0.05, 0.1) is 11.9 Å². The first-order valence-electron chi connectivity index (χ1n) is 7.08. The van der Waals surface area contributed by atoms with E-state index in [2.05, 4.69) is 45.7 Å². The maximum atomic E-state index is 6.31. The molecule has 0 N–H and O–H groups in total. The molecule has 0 spiro atoms. The van der Waals surface area contributed by atoms with Crippen LogP contribution in [0.15, 0.2) is 36.4 Å². The van der Waals surface area contributed by atoms with E-state index in [0.717, 1.165) is 29.2 Å². The molecule has 4 heteroatoms. The van der Waals surface area contributed by atoms with Crippen molar-refractivity contribution in [3.8, 4) is 0 Å². The highest BCUT2D eigenvalue weighted by molar-refractivity contribution is 6.20. The maximum Gasteiger partial charge on any atom is 0.160 e. The lowest BCUT2D eigenvalue weighted by Gasteiger charge is -2.12. The molecule has 0 amide bonds. The zero-order valence-electron chi connectivity index (χ0n) is 12.5. The topological polar surface area (TPSA) is 30.7 Å². The van der Waals surface area contributed by atoms with Gasteiger partial charge in [0.2, 0.25) is 0 Å². The molecule has 0 aliphatic rings. The molecule has 0 saturated carbocycles. The Morgan fingerprint density at radius 2 is 1.86 bits per heavy atom. The summed E-state index contributed by atoms with van der Waals surface area (Å²) in [5.41, 5.74) is 5.32. The smallest absolute Gasteiger partial charge is 0.160 e. The SMILES string of the molecule is Cc1ccc2nc(C(C)Cl)n(Cc3ccccc3C)c2n1. The third kappa shape index (κ3) is 2.66. The van der Waals surface area contributed by atoms with Gasteiger partial charge < -0.3 is 4.57 Å². The van der Waals surface area contributed by atoms with E-state index in [-0.39, 0.29) is 5.38 Å². The van der Waals surface area contributed by atoms with Crippen LogP contribution in [0, 0.1) is 13.8 Å². The Morgan fingerprint density at radius 1 is 1.10 bits per heavy atom. The van der Waals surface area contributed by atoms with Gasteiger partial charge in [0.25, 0.3) is 0 Å². The van der Waals surface area contributed by atoms with Crippen LogP contribution in [0.5, 0.6) is 0 Å². The van der Waals surface area contributed by atoms with E-state index in [0.29, 0.717) is 0 Å². The van der Waals surface area contributed by atoms with Crippen molar-refractivity contribution in [1.82, 2.24) is 14.5 Å². The van der Waals surface area contributed by atoms with Gasteiger partial charge in [-0.3, -0.25) is 0 Å². The quantitative estimate of drug-likeness (QED) is 0.671. The van der Waals surface area contributed by atoms with Crippen LogP contribution >= 0.6 is 11.6 Å². The number of nitrogens with zero attached hydrogens (tertiary/aromatic N) is 3. The number of aromatic nitrogens is 3. The molecule has 0 bridgehead atoms. The van der Waals surface area contributed by atoms with Crippen molar-refractivity contribution in [3.05, 3.63) is 59.0 Å². The summed E-state index contributed by atoms with van der Waals surface area (Å²) in [5.74, 6) is 0.869. The van der Waals surface area contributed by atoms with Gasteiger partial charge in [-0.2, -0.15) is 0 Å². The fraction of sp³-hybridized carbons (Fsp3) is 0.294. The normalized spacial score (nSPS) is 12.8. The van der Waals surface area contributed by atoms with E-state index >= 15 is 0 Å². The molecule has 0 saturated heterocycles. The van der Waals surface area contributed by atoms with E-state index < -0.39 is 0 Å². The van der Waals surface area contributed by atoms with Crippen LogP contribution in [-0.2, 0) is 6.54 Å². The third-order valence-electron chi connectivity index (χ3n) is 3.71. The minimum atomic E-state index is -0.150. The molecular weight excluding hydrogens is 282 g/mol. The Balaban J connectivity index is 2.17. The number of fused-ring (bicyclic) bond motifs is 1. The van der Waals surface area contributed by atoms with Crippen LogP contribution in [0.4, 0.5) is 0 Å². The molecule has 1 atom stereocenters.